The largest absolute Gasteiger partial charge is 0.494 e. The number of anilines is 1. The van der Waals surface area contributed by atoms with Crippen LogP contribution in [-0.4, -0.2) is 18.1 Å². The Morgan fingerprint density at radius 3 is 2.62 bits per heavy atom. The Morgan fingerprint density at radius 2 is 1.90 bits per heavy atom. The Bertz CT molecular complexity index is 629. The van der Waals surface area contributed by atoms with Crippen LogP contribution in [0.25, 0.3) is 0 Å². The molecule has 1 N–H and O–H groups in total. The summed E-state index contributed by atoms with van der Waals surface area (Å²) in [5.41, 5.74) is 2.59. The number of nitrogens with one attached hydrogen (secondary N) is 1. The van der Waals surface area contributed by atoms with Crippen LogP contribution in [0.4, 0.5) is 5.82 Å². The summed E-state index contributed by atoms with van der Waals surface area (Å²) in [7, 11) is 0. The minimum absolute atomic E-state index is 0.468. The first-order chi connectivity index (χ1) is 10.2. The number of rotatable bonds is 6. The Labute approximate surface area is 125 Å². The van der Waals surface area contributed by atoms with Crippen LogP contribution in [0.2, 0.25) is 0 Å². The molecule has 0 aliphatic carbocycles. The minimum atomic E-state index is 0.468. The number of hydrogen-bond acceptors (Lipinski definition) is 4. The van der Waals surface area contributed by atoms with Crippen LogP contribution >= 0.6 is 0 Å². The zero-order chi connectivity index (χ0) is 15.1. The molecule has 1 aromatic heterocycles. The van der Waals surface area contributed by atoms with Gasteiger partial charge in [-0.3, -0.25) is 0 Å². The van der Waals surface area contributed by atoms with Crippen LogP contribution in [0, 0.1) is 25.2 Å². The smallest absolute Gasteiger partial charge is 0.145 e. The monoisotopic (exact) mass is 281 g/mol. The number of pyridine rings is 1. The van der Waals surface area contributed by atoms with Gasteiger partial charge in [-0.2, -0.15) is 5.26 Å². The molecule has 0 atom stereocenters. The molecular weight excluding hydrogens is 262 g/mol. The second-order valence-electron chi connectivity index (χ2n) is 4.92. The average Bonchev–Trinajstić information content (AvgIpc) is 2.50. The molecule has 4 nitrogen and oxygen atoms in total. The standard InChI is InChI=1S/C17H19N3O/c1-13-4-7-15(8-5-13)21-11-3-10-19-17-9-6-14(2)16(12-18)20-17/h4-9H,3,10-11H2,1-2H3,(H,19,20). The highest BCUT2D eigenvalue weighted by molar-refractivity contribution is 5.42. The van der Waals surface area contributed by atoms with Gasteiger partial charge in [-0.05, 0) is 44.0 Å². The van der Waals surface area contributed by atoms with Crippen molar-refractivity contribution in [3.05, 3.63) is 53.2 Å². The molecule has 0 fully saturated rings. The van der Waals surface area contributed by atoms with E-state index in [1.54, 1.807) is 0 Å². The zero-order valence-corrected chi connectivity index (χ0v) is 12.4. The van der Waals surface area contributed by atoms with E-state index in [9.17, 15) is 0 Å². The van der Waals surface area contributed by atoms with Crippen LogP contribution < -0.4 is 10.1 Å². The number of aryl methyl sites for hydroxylation is 2. The van der Waals surface area contributed by atoms with Crippen LogP contribution in [0.15, 0.2) is 36.4 Å². The summed E-state index contributed by atoms with van der Waals surface area (Å²) in [6.07, 6.45) is 0.866. The van der Waals surface area contributed by atoms with E-state index in [1.807, 2.05) is 43.3 Å². The van der Waals surface area contributed by atoms with Crippen LogP contribution in [0.5, 0.6) is 5.75 Å². The SMILES string of the molecule is Cc1ccc(OCCCNc2ccc(C)c(C#N)n2)cc1. The van der Waals surface area contributed by atoms with E-state index in [2.05, 4.69) is 23.3 Å². The lowest BCUT2D eigenvalue weighted by Gasteiger charge is -2.08. The van der Waals surface area contributed by atoms with E-state index in [4.69, 9.17) is 10.00 Å². The predicted octanol–water partition coefficient (Wildman–Crippen LogP) is 3.45. The third kappa shape index (κ3) is 4.50. The Balaban J connectivity index is 1.72. The van der Waals surface area contributed by atoms with Gasteiger partial charge in [0.05, 0.1) is 6.61 Å². The summed E-state index contributed by atoms with van der Waals surface area (Å²) < 4.78 is 5.65. The van der Waals surface area contributed by atoms with E-state index in [-0.39, 0.29) is 0 Å². The summed E-state index contributed by atoms with van der Waals surface area (Å²) in [5.74, 6) is 1.62. The lowest BCUT2D eigenvalue weighted by molar-refractivity contribution is 0.315. The molecule has 0 bridgehead atoms. The van der Waals surface area contributed by atoms with Gasteiger partial charge in [-0.15, -0.1) is 0 Å². The molecule has 108 valence electrons. The van der Waals surface area contributed by atoms with E-state index in [0.717, 1.165) is 30.1 Å². The van der Waals surface area contributed by atoms with Crippen molar-refractivity contribution in [2.75, 3.05) is 18.5 Å². The topological polar surface area (TPSA) is 57.9 Å². The van der Waals surface area contributed by atoms with Crippen LogP contribution in [-0.2, 0) is 0 Å². The second kappa shape index (κ2) is 7.30. The van der Waals surface area contributed by atoms with Crippen molar-refractivity contribution in [3.8, 4) is 11.8 Å². The summed E-state index contributed by atoms with van der Waals surface area (Å²) >= 11 is 0. The van der Waals surface area contributed by atoms with Crippen LogP contribution in [0.3, 0.4) is 0 Å². The van der Waals surface area contributed by atoms with Crippen LogP contribution in [0.1, 0.15) is 23.2 Å². The van der Waals surface area contributed by atoms with Crippen molar-refractivity contribution in [2.45, 2.75) is 20.3 Å². The molecular formula is C17H19N3O. The van der Waals surface area contributed by atoms with Gasteiger partial charge in [0, 0.05) is 6.54 Å². The number of ether oxygens (including phenoxy) is 1. The molecule has 1 heterocycles. The first-order valence-corrected chi connectivity index (χ1v) is 7.00. The maximum atomic E-state index is 8.94. The molecule has 2 rings (SSSR count). The number of benzene rings is 1. The number of nitrogens with zero attached hydrogens (tertiary/aromatic N) is 2. The molecule has 0 aliphatic heterocycles. The molecule has 0 saturated heterocycles. The maximum Gasteiger partial charge on any atom is 0.145 e. The number of hydrogen-bond donors (Lipinski definition) is 1. The molecule has 0 unspecified atom stereocenters. The van der Waals surface area contributed by atoms with Crippen molar-refractivity contribution in [1.82, 2.24) is 4.98 Å². The molecule has 0 radical (unpaired) electrons. The summed E-state index contributed by atoms with van der Waals surface area (Å²) in [6.45, 7) is 5.34. The molecule has 4 heteroatoms. The molecule has 0 amide bonds. The normalized spacial score (nSPS) is 9.95. The summed E-state index contributed by atoms with van der Waals surface area (Å²) in [5, 5.41) is 12.1. The Hall–Kier alpha value is -2.54. The van der Waals surface area contributed by atoms with E-state index in [0.29, 0.717) is 12.3 Å². The van der Waals surface area contributed by atoms with E-state index < -0.39 is 0 Å². The lowest BCUT2D eigenvalue weighted by atomic mass is 10.2. The van der Waals surface area contributed by atoms with E-state index in [1.165, 1.54) is 5.56 Å². The van der Waals surface area contributed by atoms with Crippen molar-refractivity contribution in [1.29, 1.82) is 5.26 Å². The fourth-order valence-corrected chi connectivity index (χ4v) is 1.85. The van der Waals surface area contributed by atoms with Gasteiger partial charge in [0.15, 0.2) is 0 Å². The summed E-state index contributed by atoms with van der Waals surface area (Å²) in [6, 6.07) is 13.9. The highest BCUT2D eigenvalue weighted by Crippen LogP contribution is 2.12. The highest BCUT2D eigenvalue weighted by atomic mass is 16.5. The lowest BCUT2D eigenvalue weighted by Crippen LogP contribution is -2.08. The molecule has 21 heavy (non-hydrogen) atoms. The van der Waals surface area contributed by atoms with Gasteiger partial charge < -0.3 is 10.1 Å². The maximum absolute atomic E-state index is 8.94. The third-order valence-corrected chi connectivity index (χ3v) is 3.12. The van der Waals surface area contributed by atoms with Crippen molar-refractivity contribution in [3.63, 3.8) is 0 Å². The zero-order valence-electron chi connectivity index (χ0n) is 12.4. The van der Waals surface area contributed by atoms with Gasteiger partial charge in [-0.25, -0.2) is 4.98 Å². The molecule has 1 aromatic carbocycles. The average molecular weight is 281 g/mol. The molecule has 2 aromatic rings. The quantitative estimate of drug-likeness (QED) is 0.824. The fourth-order valence-electron chi connectivity index (χ4n) is 1.85. The Morgan fingerprint density at radius 1 is 1.14 bits per heavy atom. The first kappa shape index (κ1) is 14.9. The van der Waals surface area contributed by atoms with Crippen molar-refractivity contribution >= 4 is 5.82 Å². The van der Waals surface area contributed by atoms with Gasteiger partial charge in [0.2, 0.25) is 0 Å². The molecule has 0 spiro atoms. The minimum Gasteiger partial charge on any atom is -0.494 e. The van der Waals surface area contributed by atoms with Gasteiger partial charge in [0.1, 0.15) is 23.3 Å². The van der Waals surface area contributed by atoms with Crippen molar-refractivity contribution < 1.29 is 4.74 Å². The third-order valence-electron chi connectivity index (χ3n) is 3.12. The first-order valence-electron chi connectivity index (χ1n) is 7.00. The second-order valence-corrected chi connectivity index (χ2v) is 4.92. The molecule has 0 saturated carbocycles. The predicted molar refractivity (Wildman–Crippen MR) is 83.5 cm³/mol. The van der Waals surface area contributed by atoms with Gasteiger partial charge in [0.25, 0.3) is 0 Å². The summed E-state index contributed by atoms with van der Waals surface area (Å²) in [4.78, 5) is 4.24. The van der Waals surface area contributed by atoms with E-state index >= 15 is 0 Å². The van der Waals surface area contributed by atoms with Gasteiger partial charge >= 0.3 is 0 Å². The van der Waals surface area contributed by atoms with Crippen molar-refractivity contribution in [2.24, 2.45) is 0 Å². The van der Waals surface area contributed by atoms with Gasteiger partial charge in [-0.1, -0.05) is 23.8 Å². The number of aromatic nitrogens is 1. The fraction of sp³-hybridized carbons (Fsp3) is 0.294. The molecule has 0 aliphatic rings. The highest BCUT2D eigenvalue weighted by Gasteiger charge is 2.00. The number of nitriles is 1. The Kier molecular flexibility index (Phi) is 5.16.